The molecule has 0 aliphatic heterocycles. The van der Waals surface area contributed by atoms with Gasteiger partial charge in [0.15, 0.2) is 5.69 Å². The molecule has 0 atom stereocenters. The zero-order valence-electron chi connectivity index (χ0n) is 10.9. The van der Waals surface area contributed by atoms with Gasteiger partial charge in [-0.2, -0.15) is 13.1 Å². The highest BCUT2D eigenvalue weighted by atomic mass is 32.2. The largest absolute Gasteiger partial charge is 0.476 e. The number of nitrogens with zero attached hydrogens (tertiary/aromatic N) is 1. The van der Waals surface area contributed by atoms with Crippen molar-refractivity contribution in [1.29, 1.82) is 0 Å². The summed E-state index contributed by atoms with van der Waals surface area (Å²) in [4.78, 5) is 14.5. The number of carbonyl (C=O) groups is 1. The van der Waals surface area contributed by atoms with E-state index in [0.717, 1.165) is 0 Å². The van der Waals surface area contributed by atoms with Crippen molar-refractivity contribution in [2.75, 3.05) is 6.54 Å². The summed E-state index contributed by atoms with van der Waals surface area (Å²) < 4.78 is 28.1. The van der Waals surface area contributed by atoms with E-state index in [1.807, 2.05) is 0 Å². The van der Waals surface area contributed by atoms with Gasteiger partial charge in [-0.05, 0) is 20.8 Å². The molecule has 0 aliphatic rings. The lowest BCUT2D eigenvalue weighted by Crippen LogP contribution is -2.47. The van der Waals surface area contributed by atoms with Gasteiger partial charge < -0.3 is 5.11 Å². The highest BCUT2D eigenvalue weighted by molar-refractivity contribution is 7.87. The maximum Gasteiger partial charge on any atom is 0.355 e. The molecule has 1 aromatic rings. The molecule has 0 unspecified atom stereocenters. The van der Waals surface area contributed by atoms with E-state index in [2.05, 4.69) is 14.4 Å². The molecule has 108 valence electrons. The lowest BCUT2D eigenvalue weighted by Gasteiger charge is -2.20. The number of rotatable bonds is 6. The second-order valence-electron chi connectivity index (χ2n) is 4.93. The monoisotopic (exact) mass is 307 g/mol. The first-order valence-corrected chi connectivity index (χ1v) is 7.91. The lowest BCUT2D eigenvalue weighted by atomic mass is 10.1. The number of hydrogen-bond donors (Lipinski definition) is 3. The average molecular weight is 307 g/mol. The van der Waals surface area contributed by atoms with Crippen LogP contribution in [0, 0.1) is 0 Å². The van der Waals surface area contributed by atoms with Gasteiger partial charge in [0, 0.05) is 23.9 Å². The third kappa shape index (κ3) is 6.10. The van der Waals surface area contributed by atoms with Crippen molar-refractivity contribution in [1.82, 2.24) is 14.4 Å². The van der Waals surface area contributed by atoms with Crippen molar-refractivity contribution < 1.29 is 18.3 Å². The second-order valence-corrected chi connectivity index (χ2v) is 7.37. The molecule has 9 heteroatoms. The van der Waals surface area contributed by atoms with E-state index >= 15 is 0 Å². The first kappa shape index (κ1) is 16.0. The van der Waals surface area contributed by atoms with Crippen LogP contribution in [0.4, 0.5) is 0 Å². The van der Waals surface area contributed by atoms with Crippen molar-refractivity contribution in [2.45, 2.75) is 32.7 Å². The number of nitrogens with one attached hydrogen (secondary N) is 2. The SMILES string of the molecule is CC(C)(C)NS(=O)(=O)NCCc1nc(C(=O)O)cs1. The van der Waals surface area contributed by atoms with Crippen molar-refractivity contribution >= 4 is 27.5 Å². The molecule has 3 N–H and O–H groups in total. The van der Waals surface area contributed by atoms with Gasteiger partial charge in [0.05, 0.1) is 5.01 Å². The molecule has 0 saturated heterocycles. The number of hydrogen-bond acceptors (Lipinski definition) is 5. The Morgan fingerprint density at radius 2 is 2.11 bits per heavy atom. The summed E-state index contributed by atoms with van der Waals surface area (Å²) in [6.45, 7) is 5.39. The molecule has 7 nitrogen and oxygen atoms in total. The van der Waals surface area contributed by atoms with Gasteiger partial charge in [-0.3, -0.25) is 0 Å². The Hall–Kier alpha value is -1.03. The summed E-state index contributed by atoms with van der Waals surface area (Å²) in [5.41, 5.74) is -0.570. The zero-order valence-corrected chi connectivity index (χ0v) is 12.6. The molecule has 0 spiro atoms. The standard InChI is InChI=1S/C10H17N3O4S2/c1-10(2,3)13-19(16,17)11-5-4-8-12-7(6-18-8)9(14)15/h6,11,13H,4-5H2,1-3H3,(H,14,15). The van der Waals surface area contributed by atoms with Gasteiger partial charge in [-0.25, -0.2) is 14.5 Å². The zero-order chi connectivity index (χ0) is 14.7. The van der Waals surface area contributed by atoms with Crippen LogP contribution < -0.4 is 9.44 Å². The smallest absolute Gasteiger partial charge is 0.355 e. The fourth-order valence-electron chi connectivity index (χ4n) is 1.26. The van der Waals surface area contributed by atoms with Crippen LogP contribution in [0.2, 0.25) is 0 Å². The third-order valence-electron chi connectivity index (χ3n) is 1.84. The van der Waals surface area contributed by atoms with E-state index in [9.17, 15) is 13.2 Å². The predicted octanol–water partition coefficient (Wildman–Crippen LogP) is 0.606. The molecule has 0 fully saturated rings. The molecule has 1 heterocycles. The van der Waals surface area contributed by atoms with E-state index in [1.54, 1.807) is 20.8 Å². The summed E-state index contributed by atoms with van der Waals surface area (Å²) in [5.74, 6) is -1.09. The van der Waals surface area contributed by atoms with E-state index < -0.39 is 21.7 Å². The molecule has 0 aliphatic carbocycles. The van der Waals surface area contributed by atoms with Crippen LogP contribution in [0.5, 0.6) is 0 Å². The van der Waals surface area contributed by atoms with E-state index in [0.29, 0.717) is 11.4 Å². The minimum Gasteiger partial charge on any atom is -0.476 e. The Kier molecular flexibility index (Phi) is 5.02. The third-order valence-corrected chi connectivity index (χ3v) is 4.22. The van der Waals surface area contributed by atoms with Crippen LogP contribution in [0.1, 0.15) is 36.3 Å². The van der Waals surface area contributed by atoms with Gasteiger partial charge in [-0.1, -0.05) is 0 Å². The molecular weight excluding hydrogens is 290 g/mol. The number of aromatic nitrogens is 1. The maximum atomic E-state index is 11.6. The van der Waals surface area contributed by atoms with Gasteiger partial charge in [0.1, 0.15) is 0 Å². The average Bonchev–Trinajstić information content (AvgIpc) is 2.61. The quantitative estimate of drug-likeness (QED) is 0.713. The van der Waals surface area contributed by atoms with Crippen LogP contribution in [0.15, 0.2) is 5.38 Å². The number of thiazole rings is 1. The summed E-state index contributed by atoms with van der Waals surface area (Å²) >= 11 is 1.19. The van der Waals surface area contributed by atoms with Gasteiger partial charge in [-0.15, -0.1) is 11.3 Å². The maximum absolute atomic E-state index is 11.6. The Morgan fingerprint density at radius 3 is 2.58 bits per heavy atom. The van der Waals surface area contributed by atoms with Crippen molar-refractivity contribution in [2.24, 2.45) is 0 Å². The van der Waals surface area contributed by atoms with Crippen LogP contribution in [-0.4, -0.2) is 36.6 Å². The molecule has 0 saturated carbocycles. The Bertz CT molecular complexity index is 545. The summed E-state index contributed by atoms with van der Waals surface area (Å²) in [5, 5.41) is 10.7. The predicted molar refractivity (Wildman–Crippen MR) is 72.6 cm³/mol. The Morgan fingerprint density at radius 1 is 1.47 bits per heavy atom. The van der Waals surface area contributed by atoms with E-state index in [-0.39, 0.29) is 12.2 Å². The van der Waals surface area contributed by atoms with Crippen molar-refractivity contribution in [3.63, 3.8) is 0 Å². The number of aromatic carboxylic acids is 1. The van der Waals surface area contributed by atoms with Gasteiger partial charge >= 0.3 is 5.97 Å². The molecular formula is C10H17N3O4S2. The van der Waals surface area contributed by atoms with Crippen LogP contribution in [-0.2, 0) is 16.6 Å². The minimum absolute atomic E-state index is 0.0179. The highest BCUT2D eigenvalue weighted by Gasteiger charge is 2.19. The normalized spacial score (nSPS) is 12.6. The summed E-state index contributed by atoms with van der Waals surface area (Å²) in [7, 11) is -3.56. The second kappa shape index (κ2) is 5.95. The fraction of sp³-hybridized carbons (Fsp3) is 0.600. The van der Waals surface area contributed by atoms with Crippen LogP contribution in [0.3, 0.4) is 0 Å². The lowest BCUT2D eigenvalue weighted by molar-refractivity contribution is 0.0691. The van der Waals surface area contributed by atoms with Gasteiger partial charge in [0.2, 0.25) is 0 Å². The van der Waals surface area contributed by atoms with Crippen molar-refractivity contribution in [3.8, 4) is 0 Å². The first-order valence-electron chi connectivity index (χ1n) is 5.55. The minimum atomic E-state index is -3.56. The van der Waals surface area contributed by atoms with E-state index in [4.69, 9.17) is 5.11 Å². The Labute approximate surface area is 116 Å². The molecule has 0 radical (unpaired) electrons. The Balaban J connectivity index is 2.47. The fourth-order valence-corrected chi connectivity index (χ4v) is 3.28. The summed E-state index contributed by atoms with van der Waals surface area (Å²) in [6, 6.07) is 0. The molecule has 0 bridgehead atoms. The highest BCUT2D eigenvalue weighted by Crippen LogP contribution is 2.10. The number of carboxylic acid groups (broad SMARTS) is 1. The summed E-state index contributed by atoms with van der Waals surface area (Å²) in [6.07, 6.45) is 0.350. The topological polar surface area (TPSA) is 108 Å². The van der Waals surface area contributed by atoms with Crippen molar-refractivity contribution in [3.05, 3.63) is 16.1 Å². The van der Waals surface area contributed by atoms with Crippen LogP contribution >= 0.6 is 11.3 Å². The van der Waals surface area contributed by atoms with Gasteiger partial charge in [0.25, 0.3) is 10.2 Å². The molecule has 0 aromatic carbocycles. The molecule has 1 rings (SSSR count). The molecule has 1 aromatic heterocycles. The van der Waals surface area contributed by atoms with E-state index in [1.165, 1.54) is 16.7 Å². The first-order chi connectivity index (χ1) is 8.59. The molecule has 0 amide bonds. The van der Waals surface area contributed by atoms with Crippen LogP contribution in [0.25, 0.3) is 0 Å². The number of carboxylic acids is 1. The molecule has 19 heavy (non-hydrogen) atoms.